The molecule has 0 atom stereocenters. The van der Waals surface area contributed by atoms with E-state index in [2.05, 4.69) is 35.1 Å². The van der Waals surface area contributed by atoms with Crippen molar-refractivity contribution in [3.63, 3.8) is 0 Å². The number of aromatic nitrogens is 1. The Morgan fingerprint density at radius 2 is 2.29 bits per heavy atom. The van der Waals surface area contributed by atoms with Gasteiger partial charge in [-0.2, -0.15) is 0 Å². The first-order valence-corrected chi connectivity index (χ1v) is 4.84. The van der Waals surface area contributed by atoms with Crippen molar-refractivity contribution in [2.24, 2.45) is 0 Å². The molecule has 0 saturated heterocycles. The molecule has 2 nitrogen and oxygen atoms in total. The van der Waals surface area contributed by atoms with Gasteiger partial charge in [-0.1, -0.05) is 6.07 Å². The fourth-order valence-electron chi connectivity index (χ4n) is 1.22. The minimum absolute atomic E-state index is 0.875. The van der Waals surface area contributed by atoms with Crippen molar-refractivity contribution in [3.8, 4) is 11.8 Å². The van der Waals surface area contributed by atoms with Crippen LogP contribution < -0.4 is 5.32 Å². The van der Waals surface area contributed by atoms with E-state index in [-0.39, 0.29) is 0 Å². The highest BCUT2D eigenvalue weighted by atomic mass is 14.8. The standard InChI is InChI=1S/C12H16N2/c1-3-4-5-6-13-9-12-7-11(2)8-14-10-12/h7-8,10,13H,5-6,9H2,1-2H3. The highest BCUT2D eigenvalue weighted by Gasteiger charge is 1.92. The van der Waals surface area contributed by atoms with Crippen molar-refractivity contribution in [2.75, 3.05) is 6.54 Å². The quantitative estimate of drug-likeness (QED) is 0.576. The van der Waals surface area contributed by atoms with Crippen LogP contribution in [0.4, 0.5) is 0 Å². The molecule has 2 heteroatoms. The first kappa shape index (κ1) is 10.7. The molecule has 0 spiro atoms. The Labute approximate surface area is 85.8 Å². The summed E-state index contributed by atoms with van der Waals surface area (Å²) in [4.78, 5) is 4.13. The molecule has 1 rings (SSSR count). The van der Waals surface area contributed by atoms with Crippen LogP contribution in [-0.4, -0.2) is 11.5 Å². The maximum absolute atomic E-state index is 4.13. The monoisotopic (exact) mass is 188 g/mol. The molecule has 0 unspecified atom stereocenters. The maximum atomic E-state index is 4.13. The largest absolute Gasteiger partial charge is 0.312 e. The third-order valence-electron chi connectivity index (χ3n) is 1.86. The predicted molar refractivity (Wildman–Crippen MR) is 58.7 cm³/mol. The lowest BCUT2D eigenvalue weighted by molar-refractivity contribution is 0.699. The summed E-state index contributed by atoms with van der Waals surface area (Å²) in [6.45, 7) is 5.73. The molecule has 0 aliphatic carbocycles. The Kier molecular flexibility index (Phi) is 4.74. The van der Waals surface area contributed by atoms with Crippen molar-refractivity contribution >= 4 is 0 Å². The van der Waals surface area contributed by atoms with Crippen molar-refractivity contribution in [1.82, 2.24) is 10.3 Å². The van der Waals surface area contributed by atoms with Gasteiger partial charge in [0.05, 0.1) is 0 Å². The van der Waals surface area contributed by atoms with E-state index in [1.807, 2.05) is 19.3 Å². The highest BCUT2D eigenvalue weighted by molar-refractivity contribution is 5.16. The van der Waals surface area contributed by atoms with Crippen LogP contribution in [0.5, 0.6) is 0 Å². The summed E-state index contributed by atoms with van der Waals surface area (Å²) < 4.78 is 0. The van der Waals surface area contributed by atoms with Gasteiger partial charge in [-0.25, -0.2) is 0 Å². The molecule has 1 N–H and O–H groups in total. The summed E-state index contributed by atoms with van der Waals surface area (Å²) in [5.41, 5.74) is 2.44. The predicted octanol–water partition coefficient (Wildman–Crippen LogP) is 1.89. The lowest BCUT2D eigenvalue weighted by Gasteiger charge is -2.02. The summed E-state index contributed by atoms with van der Waals surface area (Å²) in [5, 5.41) is 3.32. The number of pyridine rings is 1. The van der Waals surface area contributed by atoms with E-state index in [4.69, 9.17) is 0 Å². The van der Waals surface area contributed by atoms with Crippen molar-refractivity contribution in [2.45, 2.75) is 26.8 Å². The third kappa shape index (κ3) is 4.06. The van der Waals surface area contributed by atoms with Gasteiger partial charge >= 0.3 is 0 Å². The fourth-order valence-corrected chi connectivity index (χ4v) is 1.22. The number of aryl methyl sites for hydroxylation is 1. The molecule has 74 valence electrons. The molecular formula is C12H16N2. The number of nitrogens with one attached hydrogen (secondary N) is 1. The molecule has 0 amide bonds. The van der Waals surface area contributed by atoms with Crippen LogP contribution >= 0.6 is 0 Å². The van der Waals surface area contributed by atoms with Gasteiger partial charge in [-0.05, 0) is 25.0 Å². The van der Waals surface area contributed by atoms with Crippen LogP contribution in [0.2, 0.25) is 0 Å². The lowest BCUT2D eigenvalue weighted by atomic mass is 10.2. The Balaban J connectivity index is 2.27. The lowest BCUT2D eigenvalue weighted by Crippen LogP contribution is -2.14. The van der Waals surface area contributed by atoms with E-state index in [1.54, 1.807) is 0 Å². The Bertz CT molecular complexity index is 334. The van der Waals surface area contributed by atoms with Gasteiger partial charge in [0.2, 0.25) is 0 Å². The van der Waals surface area contributed by atoms with E-state index < -0.39 is 0 Å². The first-order valence-electron chi connectivity index (χ1n) is 4.84. The van der Waals surface area contributed by atoms with Crippen molar-refractivity contribution < 1.29 is 0 Å². The van der Waals surface area contributed by atoms with Gasteiger partial charge in [-0.3, -0.25) is 4.98 Å². The van der Waals surface area contributed by atoms with Gasteiger partial charge < -0.3 is 5.32 Å². The third-order valence-corrected chi connectivity index (χ3v) is 1.86. The van der Waals surface area contributed by atoms with E-state index in [0.29, 0.717) is 0 Å². The van der Waals surface area contributed by atoms with Gasteiger partial charge in [0.1, 0.15) is 0 Å². The zero-order valence-corrected chi connectivity index (χ0v) is 8.80. The molecule has 0 aliphatic heterocycles. The van der Waals surface area contributed by atoms with E-state index in [9.17, 15) is 0 Å². The molecule has 0 radical (unpaired) electrons. The van der Waals surface area contributed by atoms with Crippen LogP contribution in [0, 0.1) is 18.8 Å². The summed E-state index contributed by atoms with van der Waals surface area (Å²) in [6, 6.07) is 2.14. The molecule has 0 aromatic carbocycles. The van der Waals surface area contributed by atoms with Gasteiger partial charge in [0, 0.05) is 31.9 Å². The Morgan fingerprint density at radius 3 is 3.00 bits per heavy atom. The molecule has 0 bridgehead atoms. The van der Waals surface area contributed by atoms with Crippen LogP contribution in [-0.2, 0) is 6.54 Å². The smallest absolute Gasteiger partial charge is 0.0313 e. The molecule has 0 fully saturated rings. The van der Waals surface area contributed by atoms with E-state index in [1.165, 1.54) is 11.1 Å². The van der Waals surface area contributed by atoms with Gasteiger partial charge in [-0.15, -0.1) is 11.8 Å². The SMILES string of the molecule is CC#CCCNCc1cncc(C)c1. The zero-order valence-electron chi connectivity index (χ0n) is 8.80. The van der Waals surface area contributed by atoms with Crippen LogP contribution in [0.25, 0.3) is 0 Å². The summed E-state index contributed by atoms with van der Waals surface area (Å²) >= 11 is 0. The highest BCUT2D eigenvalue weighted by Crippen LogP contribution is 1.99. The first-order chi connectivity index (χ1) is 6.83. The Morgan fingerprint density at radius 1 is 1.43 bits per heavy atom. The average Bonchev–Trinajstić information content (AvgIpc) is 2.18. The molecule has 1 heterocycles. The maximum Gasteiger partial charge on any atom is 0.0313 e. The normalized spacial score (nSPS) is 9.29. The van der Waals surface area contributed by atoms with Crippen molar-refractivity contribution in [3.05, 3.63) is 29.6 Å². The molecule has 0 saturated carbocycles. The molecular weight excluding hydrogens is 172 g/mol. The number of rotatable bonds is 4. The minimum Gasteiger partial charge on any atom is -0.312 e. The second kappa shape index (κ2) is 6.17. The zero-order chi connectivity index (χ0) is 10.2. The van der Waals surface area contributed by atoms with Crippen LogP contribution in [0.3, 0.4) is 0 Å². The number of hydrogen-bond donors (Lipinski definition) is 1. The summed E-state index contributed by atoms with van der Waals surface area (Å²) in [5.74, 6) is 5.89. The van der Waals surface area contributed by atoms with Crippen LogP contribution in [0.15, 0.2) is 18.5 Å². The van der Waals surface area contributed by atoms with E-state index >= 15 is 0 Å². The van der Waals surface area contributed by atoms with Gasteiger partial charge in [0.25, 0.3) is 0 Å². The Hall–Kier alpha value is -1.33. The minimum atomic E-state index is 0.875. The number of nitrogens with zero attached hydrogens (tertiary/aromatic N) is 1. The molecule has 0 aliphatic rings. The van der Waals surface area contributed by atoms with Crippen LogP contribution in [0.1, 0.15) is 24.5 Å². The topological polar surface area (TPSA) is 24.9 Å². The second-order valence-corrected chi connectivity index (χ2v) is 3.22. The number of hydrogen-bond acceptors (Lipinski definition) is 2. The van der Waals surface area contributed by atoms with E-state index in [0.717, 1.165) is 19.5 Å². The molecule has 1 aromatic rings. The summed E-state index contributed by atoms with van der Waals surface area (Å²) in [7, 11) is 0. The summed E-state index contributed by atoms with van der Waals surface area (Å²) in [6.07, 6.45) is 4.67. The fraction of sp³-hybridized carbons (Fsp3) is 0.417. The second-order valence-electron chi connectivity index (χ2n) is 3.22. The van der Waals surface area contributed by atoms with Gasteiger partial charge in [0.15, 0.2) is 0 Å². The average molecular weight is 188 g/mol. The van der Waals surface area contributed by atoms with Crippen molar-refractivity contribution in [1.29, 1.82) is 0 Å². The molecule has 14 heavy (non-hydrogen) atoms. The molecule has 1 aromatic heterocycles.